The minimum Gasteiger partial charge on any atom is -0.393 e. The molecule has 1 rings (SSSR count). The van der Waals surface area contributed by atoms with Crippen molar-refractivity contribution in [2.45, 2.75) is 32.7 Å². The number of anilines is 1. The molecule has 1 aromatic rings. The number of aromatic amines is 1. The Hall–Kier alpha value is -1.19. The highest BCUT2D eigenvalue weighted by molar-refractivity contribution is 5.30. The Bertz CT molecular complexity index is 287. The Balaban J connectivity index is 2.47. The van der Waals surface area contributed by atoms with Gasteiger partial charge in [0.1, 0.15) is 5.69 Å². The van der Waals surface area contributed by atoms with Crippen molar-refractivity contribution < 1.29 is 0 Å². The molecule has 0 saturated carbocycles. The summed E-state index contributed by atoms with van der Waals surface area (Å²) in [7, 11) is 0. The van der Waals surface area contributed by atoms with Crippen molar-refractivity contribution in [1.29, 1.82) is 0 Å². The molecule has 0 aliphatic carbocycles. The molecule has 4 nitrogen and oxygen atoms in total. The van der Waals surface area contributed by atoms with E-state index in [0.29, 0.717) is 5.69 Å². The van der Waals surface area contributed by atoms with E-state index in [0.717, 1.165) is 13.0 Å². The molecule has 0 aliphatic heterocycles. The molecule has 0 saturated heterocycles. The van der Waals surface area contributed by atoms with Crippen molar-refractivity contribution in [2.75, 3.05) is 5.73 Å². The number of hydrogen-bond acceptors (Lipinski definition) is 2. The third-order valence-electron chi connectivity index (χ3n) is 1.80. The van der Waals surface area contributed by atoms with E-state index in [9.17, 15) is 4.79 Å². The van der Waals surface area contributed by atoms with Crippen molar-refractivity contribution in [3.05, 3.63) is 16.6 Å². The summed E-state index contributed by atoms with van der Waals surface area (Å²) in [6.45, 7) is 2.99. The quantitative estimate of drug-likeness (QED) is 0.659. The van der Waals surface area contributed by atoms with Gasteiger partial charge in [-0.25, -0.2) is 0 Å². The molecule has 0 atom stereocenters. The van der Waals surface area contributed by atoms with E-state index >= 15 is 0 Å². The molecule has 0 aliphatic rings. The Morgan fingerprint density at radius 1 is 1.58 bits per heavy atom. The highest BCUT2D eigenvalue weighted by atomic mass is 16.1. The number of rotatable bonds is 4. The standard InChI is InChI=1S/C8H15N3O/c1-2-3-4-5-11-6-7(9)8(12)10-11/h6H,2-5,9H2,1H3,(H,10,12). The zero-order valence-electron chi connectivity index (χ0n) is 7.34. The lowest BCUT2D eigenvalue weighted by Gasteiger charge is -1.99. The van der Waals surface area contributed by atoms with Crippen LogP contribution in [-0.2, 0) is 6.54 Å². The average molecular weight is 169 g/mol. The number of hydrogen-bond donors (Lipinski definition) is 2. The normalized spacial score (nSPS) is 10.4. The van der Waals surface area contributed by atoms with Crippen molar-refractivity contribution in [3.63, 3.8) is 0 Å². The number of nitrogens with two attached hydrogens (primary N) is 1. The summed E-state index contributed by atoms with van der Waals surface area (Å²) in [5, 5.41) is 2.64. The molecule has 0 spiro atoms. The van der Waals surface area contributed by atoms with Crippen molar-refractivity contribution in [1.82, 2.24) is 9.78 Å². The van der Waals surface area contributed by atoms with Gasteiger partial charge in [0.15, 0.2) is 0 Å². The first-order valence-electron chi connectivity index (χ1n) is 4.29. The summed E-state index contributed by atoms with van der Waals surface area (Å²) in [5.41, 5.74) is 5.49. The number of nitrogens with one attached hydrogen (secondary N) is 1. The van der Waals surface area contributed by atoms with E-state index in [4.69, 9.17) is 5.73 Å². The fourth-order valence-electron chi connectivity index (χ4n) is 1.11. The van der Waals surface area contributed by atoms with Crippen LogP contribution in [0.1, 0.15) is 26.2 Å². The fraction of sp³-hybridized carbons (Fsp3) is 0.625. The van der Waals surface area contributed by atoms with Crippen LogP contribution < -0.4 is 11.3 Å². The minimum absolute atomic E-state index is 0.188. The van der Waals surface area contributed by atoms with Crippen LogP contribution >= 0.6 is 0 Å². The first-order valence-corrected chi connectivity index (χ1v) is 4.29. The van der Waals surface area contributed by atoms with Crippen LogP contribution in [-0.4, -0.2) is 9.78 Å². The van der Waals surface area contributed by atoms with Gasteiger partial charge in [0, 0.05) is 12.7 Å². The SMILES string of the molecule is CCCCCn1cc(N)c(=O)[nH]1. The third kappa shape index (κ3) is 2.15. The first kappa shape index (κ1) is 8.90. The number of nitrogens with zero attached hydrogens (tertiary/aromatic N) is 1. The van der Waals surface area contributed by atoms with Gasteiger partial charge in [-0.3, -0.25) is 14.6 Å². The largest absolute Gasteiger partial charge is 0.393 e. The molecule has 4 heteroatoms. The molecule has 0 bridgehead atoms. The monoisotopic (exact) mass is 169 g/mol. The molecule has 0 radical (unpaired) electrons. The maximum absolute atomic E-state index is 10.9. The van der Waals surface area contributed by atoms with Gasteiger partial charge in [-0.1, -0.05) is 19.8 Å². The average Bonchev–Trinajstić information content (AvgIpc) is 2.32. The van der Waals surface area contributed by atoms with E-state index < -0.39 is 0 Å². The van der Waals surface area contributed by atoms with Crippen molar-refractivity contribution in [3.8, 4) is 0 Å². The lowest BCUT2D eigenvalue weighted by atomic mass is 10.2. The Morgan fingerprint density at radius 2 is 2.33 bits per heavy atom. The van der Waals surface area contributed by atoms with E-state index in [-0.39, 0.29) is 5.56 Å². The topological polar surface area (TPSA) is 63.8 Å². The van der Waals surface area contributed by atoms with Gasteiger partial charge in [0.2, 0.25) is 0 Å². The van der Waals surface area contributed by atoms with Gasteiger partial charge in [0.05, 0.1) is 0 Å². The van der Waals surface area contributed by atoms with Crippen LogP contribution in [0.2, 0.25) is 0 Å². The molecule has 12 heavy (non-hydrogen) atoms. The molecule has 0 unspecified atom stereocenters. The molecule has 68 valence electrons. The van der Waals surface area contributed by atoms with Crippen LogP contribution in [0.3, 0.4) is 0 Å². The molecule has 0 fully saturated rings. The minimum atomic E-state index is -0.188. The highest BCUT2D eigenvalue weighted by Crippen LogP contribution is 1.98. The molecule has 1 heterocycles. The highest BCUT2D eigenvalue weighted by Gasteiger charge is 1.97. The van der Waals surface area contributed by atoms with E-state index in [1.54, 1.807) is 10.9 Å². The van der Waals surface area contributed by atoms with E-state index in [1.165, 1.54) is 12.8 Å². The van der Waals surface area contributed by atoms with Crippen LogP contribution in [0.4, 0.5) is 5.69 Å². The summed E-state index contributed by atoms with van der Waals surface area (Å²) in [6.07, 6.45) is 5.10. The summed E-state index contributed by atoms with van der Waals surface area (Å²) < 4.78 is 1.74. The molecular weight excluding hydrogens is 154 g/mol. The lowest BCUT2D eigenvalue weighted by Crippen LogP contribution is -2.07. The molecule has 1 aromatic heterocycles. The number of H-pyrrole nitrogens is 1. The Labute approximate surface area is 71.4 Å². The Kier molecular flexibility index (Phi) is 2.96. The van der Waals surface area contributed by atoms with Crippen LogP contribution in [0.5, 0.6) is 0 Å². The smallest absolute Gasteiger partial charge is 0.287 e. The number of aryl methyl sites for hydroxylation is 1. The van der Waals surface area contributed by atoms with E-state index in [1.807, 2.05) is 0 Å². The Morgan fingerprint density at radius 3 is 2.83 bits per heavy atom. The molecule has 0 amide bonds. The second kappa shape index (κ2) is 3.99. The van der Waals surface area contributed by atoms with Gasteiger partial charge in [0.25, 0.3) is 5.56 Å². The fourth-order valence-corrected chi connectivity index (χ4v) is 1.11. The second-order valence-electron chi connectivity index (χ2n) is 2.93. The number of nitrogen functional groups attached to an aromatic ring is 1. The molecular formula is C8H15N3O. The van der Waals surface area contributed by atoms with Gasteiger partial charge >= 0.3 is 0 Å². The summed E-state index contributed by atoms with van der Waals surface area (Å²) in [4.78, 5) is 10.9. The predicted octanol–water partition coefficient (Wildman–Crippen LogP) is 0.949. The third-order valence-corrected chi connectivity index (χ3v) is 1.80. The zero-order valence-corrected chi connectivity index (χ0v) is 7.34. The number of aromatic nitrogens is 2. The van der Waals surface area contributed by atoms with Crippen LogP contribution in [0, 0.1) is 0 Å². The van der Waals surface area contributed by atoms with Crippen molar-refractivity contribution in [2.24, 2.45) is 0 Å². The van der Waals surface area contributed by atoms with Crippen molar-refractivity contribution >= 4 is 5.69 Å². The van der Waals surface area contributed by atoms with Crippen LogP contribution in [0.25, 0.3) is 0 Å². The molecule has 3 N–H and O–H groups in total. The van der Waals surface area contributed by atoms with Gasteiger partial charge in [-0.2, -0.15) is 0 Å². The molecule has 0 aromatic carbocycles. The first-order chi connectivity index (χ1) is 5.74. The zero-order chi connectivity index (χ0) is 8.97. The second-order valence-corrected chi connectivity index (χ2v) is 2.93. The summed E-state index contributed by atoms with van der Waals surface area (Å²) >= 11 is 0. The maximum atomic E-state index is 10.9. The maximum Gasteiger partial charge on any atom is 0.287 e. The summed E-state index contributed by atoms with van der Waals surface area (Å²) in [5.74, 6) is 0. The van der Waals surface area contributed by atoms with E-state index in [2.05, 4.69) is 12.0 Å². The predicted molar refractivity (Wildman–Crippen MR) is 49.0 cm³/mol. The van der Waals surface area contributed by atoms with Gasteiger partial charge in [-0.15, -0.1) is 0 Å². The summed E-state index contributed by atoms with van der Waals surface area (Å²) in [6, 6.07) is 0. The van der Waals surface area contributed by atoms with Gasteiger partial charge in [-0.05, 0) is 6.42 Å². The van der Waals surface area contributed by atoms with Crippen LogP contribution in [0.15, 0.2) is 11.0 Å². The number of unbranched alkanes of at least 4 members (excludes halogenated alkanes) is 2. The lowest BCUT2D eigenvalue weighted by molar-refractivity contribution is 0.550. The van der Waals surface area contributed by atoms with Gasteiger partial charge < -0.3 is 5.73 Å².